The number of hydrogen-bond acceptors (Lipinski definition) is 3. The zero-order valence-corrected chi connectivity index (χ0v) is 13.2. The first-order valence-corrected chi connectivity index (χ1v) is 9.11. The van der Waals surface area contributed by atoms with Crippen molar-refractivity contribution in [2.75, 3.05) is 37.7 Å². The van der Waals surface area contributed by atoms with E-state index in [2.05, 4.69) is 40.5 Å². The smallest absolute Gasteiger partial charge is 0.0360 e. The maximum absolute atomic E-state index is 11.4. The fraction of sp³-hybridized carbons (Fsp3) is 0.625. The van der Waals surface area contributed by atoms with Gasteiger partial charge in [-0.05, 0) is 24.9 Å². The number of likely N-dealkylation sites (tertiary alicyclic amines) is 1. The highest BCUT2D eigenvalue weighted by Gasteiger charge is 2.21. The fourth-order valence-electron chi connectivity index (χ4n) is 2.66. The van der Waals surface area contributed by atoms with Crippen molar-refractivity contribution in [2.45, 2.75) is 25.8 Å². The predicted octanol–water partition coefficient (Wildman–Crippen LogP) is 1.66. The number of rotatable bonds is 8. The Morgan fingerprint density at radius 1 is 1.35 bits per heavy atom. The number of nitrogens with zero attached hydrogens (tertiary/aromatic N) is 1. The zero-order chi connectivity index (χ0) is 14.2. The Morgan fingerprint density at radius 3 is 2.90 bits per heavy atom. The van der Waals surface area contributed by atoms with Crippen LogP contribution in [0.25, 0.3) is 0 Å². The first-order chi connectivity index (χ1) is 9.78. The van der Waals surface area contributed by atoms with Crippen molar-refractivity contribution in [3.05, 3.63) is 35.9 Å². The molecule has 2 unspecified atom stereocenters. The molecule has 0 aromatic heterocycles. The Hall–Kier alpha value is -0.710. The van der Waals surface area contributed by atoms with Crippen LogP contribution in [0, 0.1) is 0 Å². The molecule has 1 aromatic carbocycles. The number of nitrogens with one attached hydrogen (secondary N) is 1. The molecule has 2 atom stereocenters. The number of hydrogen-bond donors (Lipinski definition) is 1. The third-order valence-electron chi connectivity index (χ3n) is 3.92. The van der Waals surface area contributed by atoms with E-state index in [0.717, 1.165) is 37.6 Å². The average Bonchev–Trinajstić information content (AvgIpc) is 2.94. The van der Waals surface area contributed by atoms with Crippen molar-refractivity contribution >= 4 is 10.8 Å². The summed E-state index contributed by atoms with van der Waals surface area (Å²) in [5.74, 6) is 1.56. The van der Waals surface area contributed by atoms with E-state index in [9.17, 15) is 4.21 Å². The molecular formula is C16H26N2OS. The van der Waals surface area contributed by atoms with Gasteiger partial charge in [0.2, 0.25) is 0 Å². The Morgan fingerprint density at radius 2 is 2.15 bits per heavy atom. The zero-order valence-electron chi connectivity index (χ0n) is 12.4. The van der Waals surface area contributed by atoms with Crippen LogP contribution in [0.2, 0.25) is 0 Å². The predicted molar refractivity (Wildman–Crippen MR) is 86.5 cm³/mol. The summed E-state index contributed by atoms with van der Waals surface area (Å²) in [6.07, 6.45) is 2.35. The summed E-state index contributed by atoms with van der Waals surface area (Å²) in [7, 11) is -0.640. The quantitative estimate of drug-likeness (QED) is 0.791. The average molecular weight is 294 g/mol. The third kappa shape index (κ3) is 5.35. The van der Waals surface area contributed by atoms with Gasteiger partial charge in [0.15, 0.2) is 0 Å². The third-order valence-corrected chi connectivity index (χ3v) is 5.22. The monoisotopic (exact) mass is 294 g/mol. The highest BCUT2D eigenvalue weighted by Crippen LogP contribution is 2.10. The van der Waals surface area contributed by atoms with Gasteiger partial charge in [0, 0.05) is 48.0 Å². The lowest BCUT2D eigenvalue weighted by atomic mass is 10.1. The molecule has 0 saturated carbocycles. The van der Waals surface area contributed by atoms with Crippen LogP contribution in [0.4, 0.5) is 0 Å². The Kier molecular flexibility index (Phi) is 6.70. The van der Waals surface area contributed by atoms with E-state index in [1.54, 1.807) is 0 Å². The maximum atomic E-state index is 11.4. The first-order valence-electron chi connectivity index (χ1n) is 7.62. The van der Waals surface area contributed by atoms with Crippen LogP contribution in [-0.4, -0.2) is 52.8 Å². The molecule has 112 valence electrons. The van der Waals surface area contributed by atoms with Crippen molar-refractivity contribution in [1.29, 1.82) is 0 Å². The standard InChI is InChI=1S/C16H26N2OS/c1-2-20(19)13-10-17-16-9-12-18(14-16)11-8-15-6-4-3-5-7-15/h3-7,16-17H,2,8-14H2,1H3. The van der Waals surface area contributed by atoms with Crippen molar-refractivity contribution < 1.29 is 4.21 Å². The molecule has 2 rings (SSSR count). The lowest BCUT2D eigenvalue weighted by molar-refractivity contribution is 0.332. The fourth-order valence-corrected chi connectivity index (χ4v) is 3.29. The van der Waals surface area contributed by atoms with E-state index in [4.69, 9.17) is 0 Å². The summed E-state index contributed by atoms with van der Waals surface area (Å²) in [5, 5.41) is 3.54. The molecule has 1 saturated heterocycles. The van der Waals surface area contributed by atoms with Gasteiger partial charge in [-0.15, -0.1) is 0 Å². The Balaban J connectivity index is 1.61. The second kappa shape index (κ2) is 8.55. The van der Waals surface area contributed by atoms with Gasteiger partial charge in [0.1, 0.15) is 0 Å². The molecule has 1 heterocycles. The minimum Gasteiger partial charge on any atom is -0.312 e. The Bertz CT molecular complexity index is 410. The molecule has 3 nitrogen and oxygen atoms in total. The van der Waals surface area contributed by atoms with Gasteiger partial charge in [0.05, 0.1) is 0 Å². The molecule has 0 amide bonds. The molecule has 1 N–H and O–H groups in total. The molecule has 20 heavy (non-hydrogen) atoms. The second-order valence-electron chi connectivity index (χ2n) is 5.41. The van der Waals surface area contributed by atoms with Crippen LogP contribution in [0.3, 0.4) is 0 Å². The summed E-state index contributed by atoms with van der Waals surface area (Å²) in [6, 6.07) is 11.3. The largest absolute Gasteiger partial charge is 0.312 e. The molecule has 1 fully saturated rings. The van der Waals surface area contributed by atoms with E-state index in [1.807, 2.05) is 6.92 Å². The van der Waals surface area contributed by atoms with Crippen LogP contribution < -0.4 is 5.32 Å². The molecule has 1 aliphatic rings. The van der Waals surface area contributed by atoms with Crippen LogP contribution in [0.15, 0.2) is 30.3 Å². The van der Waals surface area contributed by atoms with Gasteiger partial charge < -0.3 is 10.2 Å². The Labute approximate surface area is 125 Å². The van der Waals surface area contributed by atoms with Gasteiger partial charge in [-0.2, -0.15) is 0 Å². The van der Waals surface area contributed by atoms with Gasteiger partial charge in [-0.3, -0.25) is 4.21 Å². The summed E-state index contributed by atoms with van der Waals surface area (Å²) >= 11 is 0. The van der Waals surface area contributed by atoms with Crippen LogP contribution >= 0.6 is 0 Å². The molecule has 1 aliphatic heterocycles. The minimum absolute atomic E-state index is 0.583. The van der Waals surface area contributed by atoms with Gasteiger partial charge in [0.25, 0.3) is 0 Å². The second-order valence-corrected chi connectivity index (χ2v) is 7.27. The molecule has 0 aliphatic carbocycles. The van der Waals surface area contributed by atoms with Crippen molar-refractivity contribution in [1.82, 2.24) is 10.2 Å². The SMILES string of the molecule is CCS(=O)CCNC1CCN(CCc2ccccc2)C1. The van der Waals surface area contributed by atoms with Crippen molar-refractivity contribution in [2.24, 2.45) is 0 Å². The normalized spacial score (nSPS) is 21.1. The van der Waals surface area contributed by atoms with Crippen LogP contribution in [-0.2, 0) is 17.2 Å². The van der Waals surface area contributed by atoms with E-state index >= 15 is 0 Å². The van der Waals surface area contributed by atoms with Gasteiger partial charge in [-0.25, -0.2) is 0 Å². The van der Waals surface area contributed by atoms with Crippen LogP contribution in [0.1, 0.15) is 18.9 Å². The van der Waals surface area contributed by atoms with E-state index in [0.29, 0.717) is 6.04 Å². The van der Waals surface area contributed by atoms with E-state index in [-0.39, 0.29) is 0 Å². The molecule has 4 heteroatoms. The molecule has 0 spiro atoms. The van der Waals surface area contributed by atoms with Gasteiger partial charge >= 0.3 is 0 Å². The van der Waals surface area contributed by atoms with Crippen molar-refractivity contribution in [3.63, 3.8) is 0 Å². The summed E-state index contributed by atoms with van der Waals surface area (Å²) in [4.78, 5) is 2.53. The van der Waals surface area contributed by atoms with E-state index < -0.39 is 10.8 Å². The van der Waals surface area contributed by atoms with E-state index in [1.165, 1.54) is 18.5 Å². The molecule has 0 bridgehead atoms. The highest BCUT2D eigenvalue weighted by atomic mass is 32.2. The topological polar surface area (TPSA) is 32.3 Å². The lowest BCUT2D eigenvalue weighted by Gasteiger charge is -2.16. The first kappa shape index (κ1) is 15.7. The highest BCUT2D eigenvalue weighted by molar-refractivity contribution is 7.84. The van der Waals surface area contributed by atoms with Crippen molar-refractivity contribution in [3.8, 4) is 0 Å². The molecular weight excluding hydrogens is 268 g/mol. The van der Waals surface area contributed by atoms with Crippen LogP contribution in [0.5, 0.6) is 0 Å². The summed E-state index contributed by atoms with van der Waals surface area (Å²) in [6.45, 7) is 6.32. The maximum Gasteiger partial charge on any atom is 0.0360 e. The lowest BCUT2D eigenvalue weighted by Crippen LogP contribution is -2.35. The van der Waals surface area contributed by atoms with Gasteiger partial charge in [-0.1, -0.05) is 37.3 Å². The summed E-state index contributed by atoms with van der Waals surface area (Å²) < 4.78 is 11.4. The minimum atomic E-state index is -0.640. The molecule has 1 aromatic rings. The number of benzene rings is 1. The summed E-state index contributed by atoms with van der Waals surface area (Å²) in [5.41, 5.74) is 1.42. The molecule has 0 radical (unpaired) electrons.